The number of nitrogens with two attached hydrogens (primary N) is 1. The Morgan fingerprint density at radius 1 is 1.07 bits per heavy atom. The number of aryl methyl sites for hydroxylation is 3. The second-order valence-electron chi connectivity index (χ2n) is 7.22. The number of aliphatic imine (C=N–C) groups is 1. The van der Waals surface area contributed by atoms with E-state index >= 15 is 0 Å². The maximum absolute atomic E-state index is 6.17. The molecule has 1 atom stereocenters. The van der Waals surface area contributed by atoms with E-state index in [0.29, 0.717) is 12.5 Å². The molecule has 3 N–H and O–H groups in total. The van der Waals surface area contributed by atoms with Gasteiger partial charge in [-0.15, -0.1) is 0 Å². The van der Waals surface area contributed by atoms with Crippen LogP contribution in [0.5, 0.6) is 0 Å². The first kappa shape index (κ1) is 19.4. The van der Waals surface area contributed by atoms with Gasteiger partial charge in [0.15, 0.2) is 5.96 Å². The maximum atomic E-state index is 6.17. The monoisotopic (exact) mass is 366 g/mol. The van der Waals surface area contributed by atoms with E-state index in [-0.39, 0.29) is 6.04 Å². The Balaban J connectivity index is 1.73. The fraction of sp³-hybridized carbons (Fsp3) is 0.409. The van der Waals surface area contributed by atoms with Gasteiger partial charge in [-0.1, -0.05) is 35.9 Å². The Morgan fingerprint density at radius 3 is 2.44 bits per heavy atom. The minimum atomic E-state index is 0.203. The molecule has 0 saturated carbocycles. The largest absolute Gasteiger partial charge is 0.379 e. The van der Waals surface area contributed by atoms with Crippen molar-refractivity contribution in [2.24, 2.45) is 10.7 Å². The van der Waals surface area contributed by atoms with Crippen LogP contribution in [-0.2, 0) is 4.74 Å². The Morgan fingerprint density at radius 2 is 1.78 bits per heavy atom. The Kier molecular flexibility index (Phi) is 6.48. The zero-order chi connectivity index (χ0) is 19.2. The van der Waals surface area contributed by atoms with Gasteiger partial charge in [0.05, 0.1) is 25.8 Å². The molecule has 3 rings (SSSR count). The number of rotatable bonds is 5. The van der Waals surface area contributed by atoms with Gasteiger partial charge in [0.1, 0.15) is 0 Å². The molecule has 144 valence electrons. The fourth-order valence-corrected chi connectivity index (χ4v) is 3.30. The second kappa shape index (κ2) is 9.02. The Labute approximate surface area is 162 Å². The molecule has 2 aromatic carbocycles. The van der Waals surface area contributed by atoms with Crippen molar-refractivity contribution in [2.75, 3.05) is 38.2 Å². The SMILES string of the molecule is Cc1ccc(C(CN=C(N)Nc2ccc(C)c(C)c2)N2CCOCC2)cc1. The molecule has 27 heavy (non-hydrogen) atoms. The van der Waals surface area contributed by atoms with Gasteiger partial charge in [0.2, 0.25) is 0 Å². The number of benzene rings is 2. The molecule has 5 heteroatoms. The lowest BCUT2D eigenvalue weighted by atomic mass is 10.0. The van der Waals surface area contributed by atoms with E-state index in [9.17, 15) is 0 Å². The van der Waals surface area contributed by atoms with Crippen molar-refractivity contribution in [1.29, 1.82) is 0 Å². The molecule has 0 aromatic heterocycles. The fourth-order valence-electron chi connectivity index (χ4n) is 3.30. The topological polar surface area (TPSA) is 62.9 Å². The molecule has 0 bridgehead atoms. The van der Waals surface area contributed by atoms with Crippen molar-refractivity contribution < 1.29 is 4.74 Å². The summed E-state index contributed by atoms with van der Waals surface area (Å²) in [6.07, 6.45) is 0. The van der Waals surface area contributed by atoms with E-state index in [1.807, 2.05) is 6.07 Å². The van der Waals surface area contributed by atoms with Crippen LogP contribution in [0.25, 0.3) is 0 Å². The van der Waals surface area contributed by atoms with Gasteiger partial charge in [-0.05, 0) is 49.6 Å². The molecule has 0 radical (unpaired) electrons. The average molecular weight is 367 g/mol. The van der Waals surface area contributed by atoms with Crippen molar-refractivity contribution in [1.82, 2.24) is 4.90 Å². The summed E-state index contributed by atoms with van der Waals surface area (Å²) >= 11 is 0. The van der Waals surface area contributed by atoms with Gasteiger partial charge in [0, 0.05) is 18.8 Å². The van der Waals surface area contributed by atoms with Crippen LogP contribution in [0.1, 0.15) is 28.3 Å². The number of ether oxygens (including phenoxy) is 1. The number of morpholine rings is 1. The van der Waals surface area contributed by atoms with Gasteiger partial charge in [0.25, 0.3) is 0 Å². The molecule has 1 unspecified atom stereocenters. The highest BCUT2D eigenvalue weighted by molar-refractivity contribution is 5.92. The van der Waals surface area contributed by atoms with E-state index in [4.69, 9.17) is 10.5 Å². The zero-order valence-corrected chi connectivity index (χ0v) is 16.5. The summed E-state index contributed by atoms with van der Waals surface area (Å²) in [5, 5.41) is 3.21. The number of nitrogens with one attached hydrogen (secondary N) is 1. The Hall–Kier alpha value is -2.37. The van der Waals surface area contributed by atoms with Crippen molar-refractivity contribution in [3.05, 3.63) is 64.7 Å². The van der Waals surface area contributed by atoms with Gasteiger partial charge in [-0.25, -0.2) is 0 Å². The predicted octanol–water partition coefficient (Wildman–Crippen LogP) is 3.41. The molecule has 5 nitrogen and oxygen atoms in total. The summed E-state index contributed by atoms with van der Waals surface area (Å²) in [5.74, 6) is 0.448. The van der Waals surface area contributed by atoms with E-state index in [0.717, 1.165) is 32.0 Å². The van der Waals surface area contributed by atoms with E-state index in [2.05, 4.69) is 72.4 Å². The summed E-state index contributed by atoms with van der Waals surface area (Å²) in [6, 6.07) is 15.1. The first-order valence-electron chi connectivity index (χ1n) is 9.55. The third kappa shape index (κ3) is 5.31. The number of nitrogens with zero attached hydrogens (tertiary/aromatic N) is 2. The van der Waals surface area contributed by atoms with E-state index in [1.165, 1.54) is 22.3 Å². The molecule has 1 aliphatic heterocycles. The lowest BCUT2D eigenvalue weighted by molar-refractivity contribution is 0.0180. The molecule has 1 aliphatic rings. The molecule has 0 spiro atoms. The average Bonchev–Trinajstić information content (AvgIpc) is 2.67. The van der Waals surface area contributed by atoms with E-state index < -0.39 is 0 Å². The molecule has 1 saturated heterocycles. The Bertz CT molecular complexity index is 779. The van der Waals surface area contributed by atoms with Crippen LogP contribution in [0.4, 0.5) is 5.69 Å². The van der Waals surface area contributed by atoms with Crippen LogP contribution in [-0.4, -0.2) is 43.7 Å². The normalized spacial score (nSPS) is 16.9. The number of hydrogen-bond donors (Lipinski definition) is 2. The minimum absolute atomic E-state index is 0.203. The van der Waals surface area contributed by atoms with Crippen LogP contribution in [0.3, 0.4) is 0 Å². The van der Waals surface area contributed by atoms with Crippen molar-refractivity contribution in [3.63, 3.8) is 0 Å². The van der Waals surface area contributed by atoms with Crippen LogP contribution in [0.15, 0.2) is 47.5 Å². The third-order valence-electron chi connectivity index (χ3n) is 5.16. The standard InChI is InChI=1S/C22H30N4O/c1-16-4-7-19(8-5-16)21(26-10-12-27-13-11-26)15-24-22(23)25-20-9-6-17(2)18(3)14-20/h4-9,14,21H,10-13,15H2,1-3H3,(H3,23,24,25). The van der Waals surface area contributed by atoms with Crippen molar-refractivity contribution >= 4 is 11.6 Å². The predicted molar refractivity (Wildman–Crippen MR) is 112 cm³/mol. The minimum Gasteiger partial charge on any atom is -0.379 e. The van der Waals surface area contributed by atoms with Crippen LogP contribution >= 0.6 is 0 Å². The first-order chi connectivity index (χ1) is 13.0. The summed E-state index contributed by atoms with van der Waals surface area (Å²) < 4.78 is 5.52. The number of anilines is 1. The van der Waals surface area contributed by atoms with Gasteiger partial charge in [-0.2, -0.15) is 0 Å². The molecule has 0 aliphatic carbocycles. The number of hydrogen-bond acceptors (Lipinski definition) is 3. The molecular weight excluding hydrogens is 336 g/mol. The zero-order valence-electron chi connectivity index (χ0n) is 16.5. The van der Waals surface area contributed by atoms with Gasteiger partial charge in [-0.3, -0.25) is 9.89 Å². The molecule has 2 aromatic rings. The van der Waals surface area contributed by atoms with Crippen molar-refractivity contribution in [3.8, 4) is 0 Å². The smallest absolute Gasteiger partial charge is 0.193 e. The third-order valence-corrected chi connectivity index (χ3v) is 5.16. The van der Waals surface area contributed by atoms with Gasteiger partial charge < -0.3 is 15.8 Å². The van der Waals surface area contributed by atoms with Gasteiger partial charge >= 0.3 is 0 Å². The highest BCUT2D eigenvalue weighted by Crippen LogP contribution is 2.23. The summed E-state index contributed by atoms with van der Waals surface area (Å²) in [7, 11) is 0. The lowest BCUT2D eigenvalue weighted by Gasteiger charge is -2.34. The van der Waals surface area contributed by atoms with Crippen LogP contribution in [0, 0.1) is 20.8 Å². The molecule has 0 amide bonds. The summed E-state index contributed by atoms with van der Waals surface area (Å²) in [4.78, 5) is 7.08. The van der Waals surface area contributed by atoms with E-state index in [1.54, 1.807) is 0 Å². The second-order valence-corrected chi connectivity index (χ2v) is 7.22. The summed E-state index contributed by atoms with van der Waals surface area (Å²) in [6.45, 7) is 10.3. The quantitative estimate of drug-likeness (QED) is 0.629. The molecular formula is C22H30N4O. The highest BCUT2D eigenvalue weighted by Gasteiger charge is 2.22. The van der Waals surface area contributed by atoms with Crippen LogP contribution < -0.4 is 11.1 Å². The van der Waals surface area contributed by atoms with Crippen LogP contribution in [0.2, 0.25) is 0 Å². The molecule has 1 heterocycles. The number of guanidine groups is 1. The molecule has 1 fully saturated rings. The lowest BCUT2D eigenvalue weighted by Crippen LogP contribution is -2.40. The summed E-state index contributed by atoms with van der Waals surface area (Å²) in [5.41, 5.74) is 12.2. The highest BCUT2D eigenvalue weighted by atomic mass is 16.5. The van der Waals surface area contributed by atoms with Crippen molar-refractivity contribution in [2.45, 2.75) is 26.8 Å². The first-order valence-corrected chi connectivity index (χ1v) is 9.55. The maximum Gasteiger partial charge on any atom is 0.193 e.